The summed E-state index contributed by atoms with van der Waals surface area (Å²) in [6.07, 6.45) is -4.35. The van der Waals surface area contributed by atoms with Crippen LogP contribution >= 0.6 is 0 Å². The molecule has 3 rings (SSSR count). The Hall–Kier alpha value is -2.01. The Morgan fingerprint density at radius 3 is 2.28 bits per heavy atom. The van der Waals surface area contributed by atoms with Crippen molar-refractivity contribution in [2.45, 2.75) is 36.9 Å². The molecule has 8 nitrogen and oxygen atoms in total. The molecule has 0 unspecified atom stereocenters. The first-order chi connectivity index (χ1) is 13.7. The predicted molar refractivity (Wildman–Crippen MR) is 107 cm³/mol. The Balaban J connectivity index is 1.76. The van der Waals surface area contributed by atoms with Crippen LogP contribution in [0.3, 0.4) is 0 Å². The lowest BCUT2D eigenvalue weighted by Gasteiger charge is -2.40. The molecular weight excluding hydrogens is 398 g/mol. The van der Waals surface area contributed by atoms with Gasteiger partial charge in [0.1, 0.15) is 30.5 Å². The molecule has 29 heavy (non-hydrogen) atoms. The summed E-state index contributed by atoms with van der Waals surface area (Å²) in [5.74, 6) is 0. The average Bonchev–Trinajstić information content (AvgIpc) is 2.67. The molecule has 1 aliphatic heterocycles. The number of rotatable bonds is 6. The van der Waals surface area contributed by atoms with Gasteiger partial charge in [0.25, 0.3) is 0 Å². The zero-order valence-corrected chi connectivity index (χ0v) is 16.7. The monoisotopic (exact) mass is 423 g/mol. The summed E-state index contributed by atoms with van der Waals surface area (Å²) in [5, 5.41) is 39.6. The fraction of sp³-hybridized carbons (Fsp3) is 0.400. The molecule has 1 fully saturated rings. The van der Waals surface area contributed by atoms with Gasteiger partial charge in [0, 0.05) is 5.69 Å². The molecule has 0 spiro atoms. The van der Waals surface area contributed by atoms with Gasteiger partial charge < -0.3 is 25.2 Å². The van der Waals surface area contributed by atoms with Crippen molar-refractivity contribution in [2.24, 2.45) is 0 Å². The van der Waals surface area contributed by atoms with Crippen LogP contribution in [0.4, 0.5) is 5.69 Å². The van der Waals surface area contributed by atoms with E-state index in [1.54, 1.807) is 24.3 Å². The number of benzene rings is 2. The van der Waals surface area contributed by atoms with E-state index in [0.717, 1.165) is 17.4 Å². The summed E-state index contributed by atoms with van der Waals surface area (Å²) in [7, 11) is -3.33. The Morgan fingerprint density at radius 2 is 1.66 bits per heavy atom. The van der Waals surface area contributed by atoms with Crippen molar-refractivity contribution in [1.82, 2.24) is 0 Å². The molecule has 158 valence electrons. The van der Waals surface area contributed by atoms with Crippen molar-refractivity contribution < 1.29 is 33.6 Å². The van der Waals surface area contributed by atoms with E-state index in [9.17, 15) is 28.8 Å². The Morgan fingerprint density at radius 1 is 0.966 bits per heavy atom. The second-order valence-corrected chi connectivity index (χ2v) is 8.99. The van der Waals surface area contributed by atoms with Crippen molar-refractivity contribution >= 4 is 15.7 Å². The molecule has 0 amide bonds. The summed E-state index contributed by atoms with van der Waals surface area (Å²) >= 11 is 0. The topological polar surface area (TPSA) is 136 Å². The molecule has 0 saturated carbocycles. The van der Waals surface area contributed by atoms with Crippen molar-refractivity contribution in [1.29, 1.82) is 0 Å². The fourth-order valence-electron chi connectivity index (χ4n) is 3.40. The number of ether oxygens (including phenoxy) is 1. The molecule has 1 heterocycles. The first-order valence-corrected chi connectivity index (χ1v) is 11.0. The smallest absolute Gasteiger partial charge is 0.229 e. The molecule has 0 radical (unpaired) electrons. The van der Waals surface area contributed by atoms with Gasteiger partial charge in [-0.1, -0.05) is 36.4 Å². The zero-order valence-electron chi connectivity index (χ0n) is 15.8. The normalized spacial score (nSPS) is 27.6. The summed E-state index contributed by atoms with van der Waals surface area (Å²) in [6.45, 7) is -0.477. The SMILES string of the molecule is CS(=O)(=O)Nc1ccc(Cc2cccc([C@@H]3O[C@H](CO)[C@@H](O)[C@H](O)[C@H]3O)c2)cc1. The van der Waals surface area contributed by atoms with Crippen LogP contribution in [0.25, 0.3) is 0 Å². The van der Waals surface area contributed by atoms with Crippen LogP contribution in [-0.2, 0) is 21.2 Å². The van der Waals surface area contributed by atoms with Gasteiger partial charge in [-0.15, -0.1) is 0 Å². The van der Waals surface area contributed by atoms with Crippen LogP contribution in [0.5, 0.6) is 0 Å². The highest BCUT2D eigenvalue weighted by Gasteiger charge is 2.43. The molecule has 0 aliphatic carbocycles. The van der Waals surface area contributed by atoms with Gasteiger partial charge in [0.05, 0.1) is 12.9 Å². The second kappa shape index (κ2) is 8.78. The van der Waals surface area contributed by atoms with Crippen molar-refractivity contribution in [3.05, 3.63) is 65.2 Å². The predicted octanol–water partition coefficient (Wildman–Crippen LogP) is 0.164. The maximum Gasteiger partial charge on any atom is 0.229 e. The van der Waals surface area contributed by atoms with E-state index in [1.807, 2.05) is 24.3 Å². The standard InChI is InChI=1S/C20H25NO7S/c1-29(26,27)21-15-7-5-12(6-8-15)9-13-3-2-4-14(10-13)20-19(25)18(24)17(23)16(11-22)28-20/h2-8,10,16-25H,9,11H2,1H3/t16-,17-,18+,19-,20+/m1/s1. The molecule has 1 saturated heterocycles. The number of aliphatic hydroxyl groups is 4. The third-order valence-electron chi connectivity index (χ3n) is 4.84. The molecule has 0 aromatic heterocycles. The van der Waals surface area contributed by atoms with E-state index in [2.05, 4.69) is 4.72 Å². The molecular formula is C20H25NO7S. The van der Waals surface area contributed by atoms with Gasteiger partial charge in [0.2, 0.25) is 10.0 Å². The van der Waals surface area contributed by atoms with E-state index in [0.29, 0.717) is 17.7 Å². The van der Waals surface area contributed by atoms with Crippen LogP contribution in [0.15, 0.2) is 48.5 Å². The summed E-state index contributed by atoms with van der Waals surface area (Å²) in [5.41, 5.74) is 2.97. The first kappa shape index (κ1) is 21.7. The third kappa shape index (κ3) is 5.33. The van der Waals surface area contributed by atoms with Crippen LogP contribution in [0, 0.1) is 0 Å². The third-order valence-corrected chi connectivity index (χ3v) is 5.44. The Kier molecular flexibility index (Phi) is 6.57. The van der Waals surface area contributed by atoms with Gasteiger partial charge in [-0.05, 0) is 35.2 Å². The number of hydrogen-bond donors (Lipinski definition) is 5. The number of hydrogen-bond acceptors (Lipinski definition) is 7. The van der Waals surface area contributed by atoms with Gasteiger partial charge in [0.15, 0.2) is 0 Å². The van der Waals surface area contributed by atoms with E-state index < -0.39 is 47.2 Å². The highest BCUT2D eigenvalue weighted by atomic mass is 32.2. The maximum absolute atomic E-state index is 11.3. The van der Waals surface area contributed by atoms with E-state index in [-0.39, 0.29) is 0 Å². The van der Waals surface area contributed by atoms with Crippen LogP contribution in [0.2, 0.25) is 0 Å². The second-order valence-electron chi connectivity index (χ2n) is 7.24. The lowest BCUT2D eigenvalue weighted by Crippen LogP contribution is -2.55. The zero-order chi connectivity index (χ0) is 21.2. The minimum absolute atomic E-state index is 0.477. The van der Waals surface area contributed by atoms with Crippen molar-refractivity contribution in [3.8, 4) is 0 Å². The number of anilines is 1. The minimum Gasteiger partial charge on any atom is -0.394 e. The quantitative estimate of drug-likeness (QED) is 0.447. The first-order valence-electron chi connectivity index (χ1n) is 9.14. The number of sulfonamides is 1. The molecule has 2 aromatic carbocycles. The summed E-state index contributed by atoms with van der Waals surface area (Å²) in [6, 6.07) is 14.3. The van der Waals surface area contributed by atoms with E-state index >= 15 is 0 Å². The molecule has 5 N–H and O–H groups in total. The van der Waals surface area contributed by atoms with E-state index in [4.69, 9.17) is 4.74 Å². The Labute approximate surface area is 169 Å². The lowest BCUT2D eigenvalue weighted by molar-refractivity contribution is -0.231. The highest BCUT2D eigenvalue weighted by Crippen LogP contribution is 2.33. The van der Waals surface area contributed by atoms with Gasteiger partial charge in [-0.2, -0.15) is 0 Å². The van der Waals surface area contributed by atoms with E-state index in [1.165, 1.54) is 0 Å². The van der Waals surface area contributed by atoms with Gasteiger partial charge in [-0.25, -0.2) is 8.42 Å². The fourth-order valence-corrected chi connectivity index (χ4v) is 3.96. The molecule has 1 aliphatic rings. The van der Waals surface area contributed by atoms with Crippen molar-refractivity contribution in [3.63, 3.8) is 0 Å². The summed E-state index contributed by atoms with van der Waals surface area (Å²) in [4.78, 5) is 0. The van der Waals surface area contributed by atoms with Crippen LogP contribution in [-0.4, -0.2) is 66.1 Å². The largest absolute Gasteiger partial charge is 0.394 e. The Bertz CT molecular complexity index is 930. The van der Waals surface area contributed by atoms with Crippen LogP contribution in [0.1, 0.15) is 22.8 Å². The number of aliphatic hydroxyl groups excluding tert-OH is 4. The van der Waals surface area contributed by atoms with Gasteiger partial charge in [-0.3, -0.25) is 4.72 Å². The molecule has 2 aromatic rings. The minimum atomic E-state index is -3.33. The van der Waals surface area contributed by atoms with Gasteiger partial charge >= 0.3 is 0 Å². The lowest BCUT2D eigenvalue weighted by atomic mass is 9.90. The molecule has 0 bridgehead atoms. The average molecular weight is 423 g/mol. The summed E-state index contributed by atoms with van der Waals surface area (Å²) < 4.78 is 30.6. The van der Waals surface area contributed by atoms with Crippen LogP contribution < -0.4 is 4.72 Å². The van der Waals surface area contributed by atoms with Crippen molar-refractivity contribution in [2.75, 3.05) is 17.6 Å². The molecule has 9 heteroatoms. The maximum atomic E-state index is 11.3. The highest BCUT2D eigenvalue weighted by molar-refractivity contribution is 7.92. The number of nitrogens with one attached hydrogen (secondary N) is 1. The molecule has 5 atom stereocenters.